The van der Waals surface area contributed by atoms with Gasteiger partial charge in [-0.15, -0.1) is 0 Å². The smallest absolute Gasteiger partial charge is 0.237 e. The molecule has 0 atom stereocenters. The van der Waals surface area contributed by atoms with E-state index in [2.05, 4.69) is 11.9 Å². The lowest BCUT2D eigenvalue weighted by Gasteiger charge is -2.61. The summed E-state index contributed by atoms with van der Waals surface area (Å²) < 4.78 is 0. The highest BCUT2D eigenvalue weighted by Gasteiger charge is 2.53. The zero-order valence-corrected chi connectivity index (χ0v) is 9.79. The molecule has 2 saturated heterocycles. The third kappa shape index (κ3) is 1.98. The Morgan fingerprint density at radius 1 is 1.47 bits per heavy atom. The van der Waals surface area contributed by atoms with E-state index in [4.69, 9.17) is 5.26 Å². The number of nitrogens with zero attached hydrogens (tertiary/aromatic N) is 3. The van der Waals surface area contributed by atoms with Crippen molar-refractivity contribution in [2.75, 3.05) is 26.7 Å². The highest BCUT2D eigenvalue weighted by atomic mass is 16.2. The van der Waals surface area contributed by atoms with Crippen LogP contribution in [0.25, 0.3) is 0 Å². The minimum Gasteiger partial charge on any atom is -0.333 e. The Labute approximate surface area is 91.5 Å². The molecule has 0 aromatic rings. The number of nitriles is 1. The Bertz CT molecular complexity index is 276. The monoisotopic (exact) mass is 209 g/mol. The van der Waals surface area contributed by atoms with Crippen molar-refractivity contribution in [2.45, 2.75) is 32.2 Å². The van der Waals surface area contributed by atoms with E-state index >= 15 is 0 Å². The van der Waals surface area contributed by atoms with Crippen molar-refractivity contribution in [2.24, 2.45) is 0 Å². The minimum absolute atomic E-state index is 0.00171. The molecule has 0 saturated carbocycles. The first-order chi connectivity index (χ1) is 7.18. The second kappa shape index (κ2) is 4.63. The lowest BCUT2D eigenvalue weighted by atomic mass is 9.77. The van der Waals surface area contributed by atoms with Crippen LogP contribution < -0.4 is 0 Å². The van der Waals surface area contributed by atoms with Gasteiger partial charge in [-0.3, -0.25) is 4.79 Å². The maximum atomic E-state index is 11.4. The molecule has 1 spiro atoms. The van der Waals surface area contributed by atoms with Gasteiger partial charge in [0.05, 0.1) is 11.6 Å². The molecular formula is C11H19N3O. The molecule has 0 radical (unpaired) electrons. The summed E-state index contributed by atoms with van der Waals surface area (Å²) in [6.45, 7) is 6.79. The van der Waals surface area contributed by atoms with E-state index in [1.165, 1.54) is 0 Å². The SMILES string of the molecule is CC.CN1CC2(CCN2C(=O)CC#N)C1. The van der Waals surface area contributed by atoms with Crippen LogP contribution in [0.3, 0.4) is 0 Å². The van der Waals surface area contributed by atoms with E-state index < -0.39 is 0 Å². The second-order valence-electron chi connectivity index (χ2n) is 4.03. The molecule has 2 heterocycles. The molecule has 4 nitrogen and oxygen atoms in total. The molecule has 84 valence electrons. The molecule has 0 aromatic heterocycles. The van der Waals surface area contributed by atoms with E-state index in [1.807, 2.05) is 24.8 Å². The van der Waals surface area contributed by atoms with Crippen molar-refractivity contribution >= 4 is 5.91 Å². The summed E-state index contributed by atoms with van der Waals surface area (Å²) in [5.74, 6) is 0.00171. The van der Waals surface area contributed by atoms with Crippen LogP contribution in [0.1, 0.15) is 26.7 Å². The van der Waals surface area contributed by atoms with E-state index in [0.29, 0.717) is 0 Å². The number of carbonyl (C=O) groups is 1. The standard InChI is InChI=1S/C9H13N3O.C2H6/c1-11-6-9(7-11)3-5-12(9)8(13)2-4-10;1-2/h2-3,5-7H2,1H3;1-2H3. The van der Waals surface area contributed by atoms with Crippen LogP contribution in [-0.2, 0) is 4.79 Å². The molecule has 1 amide bonds. The summed E-state index contributed by atoms with van der Waals surface area (Å²) in [7, 11) is 2.05. The molecule has 2 fully saturated rings. The Hall–Kier alpha value is -1.08. The van der Waals surface area contributed by atoms with Crippen molar-refractivity contribution in [3.05, 3.63) is 0 Å². The quantitative estimate of drug-likeness (QED) is 0.643. The number of carbonyl (C=O) groups excluding carboxylic acids is 1. The Balaban J connectivity index is 0.000000531. The second-order valence-corrected chi connectivity index (χ2v) is 4.03. The lowest BCUT2D eigenvalue weighted by molar-refractivity contribution is -0.162. The molecule has 2 aliphatic rings. The van der Waals surface area contributed by atoms with Crippen LogP contribution in [0.15, 0.2) is 0 Å². The van der Waals surface area contributed by atoms with Crippen LogP contribution in [0.5, 0.6) is 0 Å². The van der Waals surface area contributed by atoms with Crippen LogP contribution >= 0.6 is 0 Å². The summed E-state index contributed by atoms with van der Waals surface area (Å²) in [6, 6.07) is 1.91. The molecule has 2 rings (SSSR count). The number of likely N-dealkylation sites (N-methyl/N-ethyl adjacent to an activating group) is 1. The van der Waals surface area contributed by atoms with Crippen LogP contribution in [0.2, 0.25) is 0 Å². The molecule has 0 aliphatic carbocycles. The largest absolute Gasteiger partial charge is 0.333 e. The highest BCUT2D eigenvalue weighted by molar-refractivity contribution is 5.80. The van der Waals surface area contributed by atoms with Gasteiger partial charge < -0.3 is 9.80 Å². The number of rotatable bonds is 1. The first-order valence-corrected chi connectivity index (χ1v) is 5.54. The van der Waals surface area contributed by atoms with E-state index in [0.717, 1.165) is 26.1 Å². The van der Waals surface area contributed by atoms with E-state index in [-0.39, 0.29) is 17.9 Å². The predicted octanol–water partition coefficient (Wildman–Crippen LogP) is 0.843. The molecular weight excluding hydrogens is 190 g/mol. The van der Waals surface area contributed by atoms with Crippen LogP contribution in [0, 0.1) is 11.3 Å². The lowest BCUT2D eigenvalue weighted by Crippen LogP contribution is -2.76. The fraction of sp³-hybridized carbons (Fsp3) is 0.818. The van der Waals surface area contributed by atoms with Crippen molar-refractivity contribution in [1.29, 1.82) is 5.26 Å². The Morgan fingerprint density at radius 3 is 2.40 bits per heavy atom. The van der Waals surface area contributed by atoms with Crippen molar-refractivity contribution in [3.8, 4) is 6.07 Å². The number of hydrogen-bond acceptors (Lipinski definition) is 3. The maximum Gasteiger partial charge on any atom is 0.237 e. The van der Waals surface area contributed by atoms with Gasteiger partial charge in [-0.1, -0.05) is 13.8 Å². The summed E-state index contributed by atoms with van der Waals surface area (Å²) in [4.78, 5) is 15.5. The molecule has 0 unspecified atom stereocenters. The first-order valence-electron chi connectivity index (χ1n) is 5.54. The number of likely N-dealkylation sites (tertiary alicyclic amines) is 2. The summed E-state index contributed by atoms with van der Waals surface area (Å²) in [5.41, 5.74) is 0.114. The van der Waals surface area contributed by atoms with Gasteiger partial charge in [0.25, 0.3) is 0 Å². The minimum atomic E-state index is 0.00171. The average molecular weight is 209 g/mol. The third-order valence-electron chi connectivity index (χ3n) is 3.03. The predicted molar refractivity (Wildman–Crippen MR) is 58.1 cm³/mol. The zero-order chi connectivity index (χ0) is 11.5. The van der Waals surface area contributed by atoms with Gasteiger partial charge in [0.1, 0.15) is 6.42 Å². The third-order valence-corrected chi connectivity index (χ3v) is 3.03. The van der Waals surface area contributed by atoms with Crippen molar-refractivity contribution in [3.63, 3.8) is 0 Å². The van der Waals surface area contributed by atoms with Gasteiger partial charge in [-0.25, -0.2) is 0 Å². The van der Waals surface area contributed by atoms with Gasteiger partial charge in [0.15, 0.2) is 0 Å². The maximum absolute atomic E-state index is 11.4. The van der Waals surface area contributed by atoms with E-state index in [1.54, 1.807) is 0 Å². The molecule has 4 heteroatoms. The van der Waals surface area contributed by atoms with Crippen LogP contribution in [0.4, 0.5) is 0 Å². The van der Waals surface area contributed by atoms with Gasteiger partial charge in [0, 0.05) is 19.6 Å². The normalized spacial score (nSPS) is 21.9. The van der Waals surface area contributed by atoms with Gasteiger partial charge >= 0.3 is 0 Å². The summed E-state index contributed by atoms with van der Waals surface area (Å²) in [5, 5.41) is 8.41. The zero-order valence-electron chi connectivity index (χ0n) is 9.79. The Kier molecular flexibility index (Phi) is 3.70. The van der Waals surface area contributed by atoms with Crippen molar-refractivity contribution < 1.29 is 4.79 Å². The van der Waals surface area contributed by atoms with Gasteiger partial charge in [0.2, 0.25) is 5.91 Å². The summed E-state index contributed by atoms with van der Waals surface area (Å²) >= 11 is 0. The van der Waals surface area contributed by atoms with Crippen molar-refractivity contribution in [1.82, 2.24) is 9.80 Å². The number of amides is 1. The molecule has 0 aromatic carbocycles. The Morgan fingerprint density at radius 2 is 2.07 bits per heavy atom. The van der Waals surface area contributed by atoms with Gasteiger partial charge in [-0.05, 0) is 13.5 Å². The van der Waals surface area contributed by atoms with E-state index in [9.17, 15) is 4.79 Å². The van der Waals surface area contributed by atoms with Gasteiger partial charge in [-0.2, -0.15) is 5.26 Å². The molecule has 15 heavy (non-hydrogen) atoms. The molecule has 0 bridgehead atoms. The molecule has 0 N–H and O–H groups in total. The van der Waals surface area contributed by atoms with Crippen LogP contribution in [-0.4, -0.2) is 47.9 Å². The first kappa shape index (κ1) is 12.0. The summed E-state index contributed by atoms with van der Waals surface area (Å²) in [6.07, 6.45) is 1.14. The highest BCUT2D eigenvalue weighted by Crippen LogP contribution is 2.38. The fourth-order valence-electron chi connectivity index (χ4n) is 2.38. The number of hydrogen-bond donors (Lipinski definition) is 0. The topological polar surface area (TPSA) is 47.3 Å². The molecule has 2 aliphatic heterocycles. The average Bonchev–Trinajstić information content (AvgIpc) is 2.14. The fourth-order valence-corrected chi connectivity index (χ4v) is 2.38.